The SMILES string of the molecule is CC(C)(Cc1ccc(C(=O)Oc2ccc(C(=N)N)cc2F)s1)C(=O)NC1(C(=O)O)CC1.Cl. The summed E-state index contributed by atoms with van der Waals surface area (Å²) >= 11 is 1.11. The molecule has 1 fully saturated rings. The molecule has 1 aliphatic carbocycles. The number of nitrogens with one attached hydrogen (secondary N) is 2. The first kappa shape index (κ1) is 25.3. The smallest absolute Gasteiger partial charge is 0.353 e. The molecule has 0 bridgehead atoms. The predicted octanol–water partition coefficient (Wildman–Crippen LogP) is 3.11. The molecule has 2 aromatic rings. The molecule has 32 heavy (non-hydrogen) atoms. The molecule has 1 aromatic carbocycles. The molecular formula is C21H23ClFN3O5S. The van der Waals surface area contributed by atoms with E-state index in [1.54, 1.807) is 19.9 Å². The van der Waals surface area contributed by atoms with Crippen molar-refractivity contribution in [3.8, 4) is 5.75 Å². The van der Waals surface area contributed by atoms with Gasteiger partial charge in [-0.2, -0.15) is 0 Å². The van der Waals surface area contributed by atoms with Crippen LogP contribution in [0.3, 0.4) is 0 Å². The Morgan fingerprint density at radius 3 is 2.47 bits per heavy atom. The molecule has 1 amide bonds. The Morgan fingerprint density at radius 1 is 1.28 bits per heavy atom. The van der Waals surface area contributed by atoms with Gasteiger partial charge in [-0.15, -0.1) is 23.7 Å². The lowest BCUT2D eigenvalue weighted by Gasteiger charge is -2.25. The fourth-order valence-electron chi connectivity index (χ4n) is 2.90. The van der Waals surface area contributed by atoms with Gasteiger partial charge in [0.05, 0.1) is 0 Å². The van der Waals surface area contributed by atoms with E-state index < -0.39 is 28.7 Å². The van der Waals surface area contributed by atoms with Crippen LogP contribution < -0.4 is 15.8 Å². The summed E-state index contributed by atoms with van der Waals surface area (Å²) in [5, 5.41) is 19.2. The van der Waals surface area contributed by atoms with Crippen LogP contribution in [-0.2, 0) is 16.0 Å². The molecule has 0 saturated heterocycles. The van der Waals surface area contributed by atoms with Gasteiger partial charge < -0.3 is 20.9 Å². The molecule has 1 heterocycles. The van der Waals surface area contributed by atoms with E-state index in [9.17, 15) is 23.9 Å². The van der Waals surface area contributed by atoms with E-state index in [0.717, 1.165) is 22.3 Å². The van der Waals surface area contributed by atoms with Crippen LogP contribution in [0, 0.1) is 16.6 Å². The van der Waals surface area contributed by atoms with Crippen molar-refractivity contribution in [1.29, 1.82) is 5.41 Å². The number of carbonyl (C=O) groups excluding carboxylic acids is 2. The van der Waals surface area contributed by atoms with Crippen LogP contribution in [0.4, 0.5) is 4.39 Å². The molecule has 0 spiro atoms. The fraction of sp³-hybridized carbons (Fsp3) is 0.333. The maximum Gasteiger partial charge on any atom is 0.353 e. The number of amidine groups is 1. The summed E-state index contributed by atoms with van der Waals surface area (Å²) in [6.07, 6.45) is 1.10. The molecule has 172 valence electrons. The number of nitrogens with two attached hydrogens (primary N) is 1. The van der Waals surface area contributed by atoms with Gasteiger partial charge in [0.25, 0.3) is 0 Å². The number of nitrogen functional groups attached to an aromatic ring is 1. The highest BCUT2D eigenvalue weighted by molar-refractivity contribution is 7.14. The first-order valence-electron chi connectivity index (χ1n) is 9.44. The second-order valence-corrected chi connectivity index (χ2v) is 9.28. The molecule has 0 unspecified atom stereocenters. The lowest BCUT2D eigenvalue weighted by molar-refractivity contribution is -0.144. The number of ether oxygens (including phenoxy) is 1. The Bertz CT molecular complexity index is 1080. The zero-order chi connectivity index (χ0) is 23.0. The molecule has 5 N–H and O–H groups in total. The highest BCUT2D eigenvalue weighted by Crippen LogP contribution is 2.37. The summed E-state index contributed by atoms with van der Waals surface area (Å²) in [6, 6.07) is 6.81. The van der Waals surface area contributed by atoms with Crippen LogP contribution in [0.1, 0.15) is 46.8 Å². The number of halogens is 2. The Hall–Kier alpha value is -2.98. The second kappa shape index (κ2) is 9.25. The topological polar surface area (TPSA) is 143 Å². The van der Waals surface area contributed by atoms with Gasteiger partial charge in [0, 0.05) is 15.9 Å². The molecule has 0 aliphatic heterocycles. The van der Waals surface area contributed by atoms with Crippen molar-refractivity contribution in [3.63, 3.8) is 0 Å². The summed E-state index contributed by atoms with van der Waals surface area (Å²) in [4.78, 5) is 37.2. The lowest BCUT2D eigenvalue weighted by Crippen LogP contribution is -2.49. The molecule has 8 nitrogen and oxygen atoms in total. The highest BCUT2D eigenvalue weighted by Gasteiger charge is 2.53. The minimum atomic E-state index is -1.17. The van der Waals surface area contributed by atoms with Crippen LogP contribution >= 0.6 is 23.7 Å². The molecule has 0 radical (unpaired) electrons. The number of carbonyl (C=O) groups is 3. The first-order chi connectivity index (χ1) is 14.4. The molecule has 11 heteroatoms. The van der Waals surface area contributed by atoms with Gasteiger partial charge in [-0.1, -0.05) is 13.8 Å². The van der Waals surface area contributed by atoms with E-state index in [1.807, 2.05) is 0 Å². The summed E-state index contributed by atoms with van der Waals surface area (Å²) in [5.41, 5.74) is 3.41. The van der Waals surface area contributed by atoms with Gasteiger partial charge in [0.1, 0.15) is 16.3 Å². The van der Waals surface area contributed by atoms with Crippen molar-refractivity contribution in [2.24, 2.45) is 11.1 Å². The van der Waals surface area contributed by atoms with Gasteiger partial charge in [0.2, 0.25) is 5.91 Å². The standard InChI is InChI=1S/C21H22FN3O5S.ClH/c1-20(2,18(27)25-21(7-8-21)19(28)29)10-12-4-6-15(31-12)17(26)30-14-5-3-11(16(23)24)9-13(14)22;/h3-6,9H,7-8,10H2,1-2H3,(H3,23,24)(H,25,27)(H,28,29);1H. The molecule has 1 aromatic heterocycles. The molecule has 0 atom stereocenters. The number of amides is 1. The Morgan fingerprint density at radius 2 is 1.94 bits per heavy atom. The minimum absolute atomic E-state index is 0. The monoisotopic (exact) mass is 483 g/mol. The highest BCUT2D eigenvalue weighted by atomic mass is 35.5. The number of hydrogen-bond acceptors (Lipinski definition) is 6. The Balaban J connectivity index is 0.00000363. The predicted molar refractivity (Wildman–Crippen MR) is 119 cm³/mol. The molecule has 1 saturated carbocycles. The van der Waals surface area contributed by atoms with Crippen molar-refractivity contribution < 1.29 is 28.6 Å². The van der Waals surface area contributed by atoms with Gasteiger partial charge in [-0.3, -0.25) is 10.2 Å². The van der Waals surface area contributed by atoms with E-state index in [-0.39, 0.29) is 46.8 Å². The normalized spacial score (nSPS) is 14.1. The number of carboxylic acids is 1. The zero-order valence-electron chi connectivity index (χ0n) is 17.4. The Labute approximate surface area is 193 Å². The van der Waals surface area contributed by atoms with E-state index in [4.69, 9.17) is 15.9 Å². The van der Waals surface area contributed by atoms with Crippen molar-refractivity contribution in [3.05, 3.63) is 51.5 Å². The van der Waals surface area contributed by atoms with Crippen LogP contribution in [0.2, 0.25) is 0 Å². The average Bonchev–Trinajstić information content (AvgIpc) is 3.33. The van der Waals surface area contributed by atoms with E-state index in [2.05, 4.69) is 5.32 Å². The average molecular weight is 484 g/mol. The largest absolute Gasteiger partial charge is 0.480 e. The number of thiophene rings is 1. The van der Waals surface area contributed by atoms with E-state index in [1.165, 1.54) is 18.2 Å². The maximum absolute atomic E-state index is 14.1. The number of carboxylic acid groups (broad SMARTS) is 1. The number of benzene rings is 1. The van der Waals surface area contributed by atoms with E-state index in [0.29, 0.717) is 12.8 Å². The van der Waals surface area contributed by atoms with Crippen LogP contribution in [0.15, 0.2) is 30.3 Å². The van der Waals surface area contributed by atoms with Crippen LogP contribution in [0.5, 0.6) is 5.75 Å². The second-order valence-electron chi connectivity index (χ2n) is 8.12. The number of hydrogen-bond donors (Lipinski definition) is 4. The van der Waals surface area contributed by atoms with E-state index >= 15 is 0 Å². The summed E-state index contributed by atoms with van der Waals surface area (Å²) in [5.74, 6) is -3.58. The number of esters is 1. The van der Waals surface area contributed by atoms with Crippen molar-refractivity contribution in [2.45, 2.75) is 38.6 Å². The van der Waals surface area contributed by atoms with Crippen molar-refractivity contribution in [1.82, 2.24) is 5.32 Å². The van der Waals surface area contributed by atoms with Crippen molar-refractivity contribution >= 4 is 47.4 Å². The molecule has 1 aliphatic rings. The summed E-state index contributed by atoms with van der Waals surface area (Å²) < 4.78 is 19.2. The van der Waals surface area contributed by atoms with Gasteiger partial charge in [-0.05, 0) is 49.6 Å². The van der Waals surface area contributed by atoms with Crippen LogP contribution in [-0.4, -0.2) is 34.3 Å². The van der Waals surface area contributed by atoms with Crippen LogP contribution in [0.25, 0.3) is 0 Å². The van der Waals surface area contributed by atoms with Gasteiger partial charge in [-0.25, -0.2) is 14.0 Å². The minimum Gasteiger partial charge on any atom is -0.480 e. The summed E-state index contributed by atoms with van der Waals surface area (Å²) in [6.45, 7) is 3.40. The zero-order valence-corrected chi connectivity index (χ0v) is 19.0. The van der Waals surface area contributed by atoms with Gasteiger partial charge in [0.15, 0.2) is 11.6 Å². The van der Waals surface area contributed by atoms with Gasteiger partial charge >= 0.3 is 11.9 Å². The quantitative estimate of drug-likeness (QED) is 0.196. The van der Waals surface area contributed by atoms with Crippen molar-refractivity contribution in [2.75, 3.05) is 0 Å². The third kappa shape index (κ3) is 5.43. The lowest BCUT2D eigenvalue weighted by atomic mass is 9.87. The number of aliphatic carboxylic acids is 1. The third-order valence-corrected chi connectivity index (χ3v) is 6.12. The maximum atomic E-state index is 14.1. The fourth-order valence-corrected chi connectivity index (χ4v) is 4.02. The number of rotatable bonds is 8. The molecule has 3 rings (SSSR count). The molecular weight excluding hydrogens is 461 g/mol. The third-order valence-electron chi connectivity index (χ3n) is 5.05. The summed E-state index contributed by atoms with van der Waals surface area (Å²) in [7, 11) is 0. The first-order valence-corrected chi connectivity index (χ1v) is 10.3. The Kier molecular flexibility index (Phi) is 7.31.